The van der Waals surface area contributed by atoms with Gasteiger partial charge in [-0.05, 0) is 42.5 Å². The van der Waals surface area contributed by atoms with Crippen molar-refractivity contribution >= 4 is 23.2 Å². The van der Waals surface area contributed by atoms with Crippen LogP contribution in [0.15, 0.2) is 54.7 Å². The van der Waals surface area contributed by atoms with Crippen LogP contribution in [0.1, 0.15) is 0 Å². The molecule has 0 bridgehead atoms. The zero-order valence-corrected chi connectivity index (χ0v) is 19.3. The molecule has 9 heteroatoms. The van der Waals surface area contributed by atoms with Crippen molar-refractivity contribution in [2.24, 2.45) is 7.05 Å². The van der Waals surface area contributed by atoms with Crippen LogP contribution in [0.25, 0.3) is 11.3 Å². The van der Waals surface area contributed by atoms with Gasteiger partial charge in [0.1, 0.15) is 18.1 Å². The topological polar surface area (TPSA) is 77.9 Å². The summed E-state index contributed by atoms with van der Waals surface area (Å²) in [5.74, 6) is 1.00. The lowest BCUT2D eigenvalue weighted by molar-refractivity contribution is -0.118. The Morgan fingerprint density at radius 1 is 1.15 bits per heavy atom. The number of aromatic nitrogens is 2. The second kappa shape index (κ2) is 11.2. The van der Waals surface area contributed by atoms with Crippen molar-refractivity contribution in [2.45, 2.75) is 0 Å². The predicted molar refractivity (Wildman–Crippen MR) is 127 cm³/mol. The molecule has 4 rings (SSSR count). The van der Waals surface area contributed by atoms with E-state index in [0.717, 1.165) is 49.9 Å². The van der Waals surface area contributed by atoms with Gasteiger partial charge in [-0.1, -0.05) is 17.7 Å². The standard InChI is InChI=1S/C24H27ClN4O4/c1-28-22(7-8-26-28)21-16-19(27-24(30)17-33-20-4-2-3-18(25)15-20)5-6-23(21)32-14-11-29-9-12-31-13-10-29/h2-8,15-16H,9-14,17H2,1H3,(H,27,30). The van der Waals surface area contributed by atoms with Gasteiger partial charge in [-0.15, -0.1) is 0 Å². The third kappa shape index (κ3) is 6.47. The van der Waals surface area contributed by atoms with Crippen LogP contribution in [0.3, 0.4) is 0 Å². The number of benzene rings is 2. The largest absolute Gasteiger partial charge is 0.492 e. The quantitative estimate of drug-likeness (QED) is 0.516. The lowest BCUT2D eigenvalue weighted by Gasteiger charge is -2.26. The molecule has 0 radical (unpaired) electrons. The molecule has 3 aromatic rings. The van der Waals surface area contributed by atoms with E-state index in [1.165, 1.54) is 0 Å². The predicted octanol–water partition coefficient (Wildman–Crippen LogP) is 3.47. The number of morpholine rings is 1. The number of anilines is 1. The summed E-state index contributed by atoms with van der Waals surface area (Å²) in [6.45, 7) is 4.61. The molecule has 174 valence electrons. The van der Waals surface area contributed by atoms with Crippen LogP contribution in [-0.4, -0.2) is 66.6 Å². The molecular weight excluding hydrogens is 444 g/mol. The van der Waals surface area contributed by atoms with Crippen LogP contribution >= 0.6 is 11.6 Å². The van der Waals surface area contributed by atoms with E-state index in [-0.39, 0.29) is 12.5 Å². The zero-order valence-electron chi connectivity index (χ0n) is 18.5. The lowest BCUT2D eigenvalue weighted by Crippen LogP contribution is -2.38. The van der Waals surface area contributed by atoms with Gasteiger partial charge in [0, 0.05) is 49.2 Å². The van der Waals surface area contributed by atoms with Crippen LogP contribution < -0.4 is 14.8 Å². The summed E-state index contributed by atoms with van der Waals surface area (Å²) in [6.07, 6.45) is 1.73. The number of carbonyl (C=O) groups is 1. The number of carbonyl (C=O) groups excluding carboxylic acids is 1. The molecule has 1 aliphatic heterocycles. The number of nitrogens with one attached hydrogen (secondary N) is 1. The molecule has 0 unspecified atom stereocenters. The molecule has 8 nitrogen and oxygen atoms in total. The molecule has 0 atom stereocenters. The van der Waals surface area contributed by atoms with Crippen molar-refractivity contribution in [2.75, 3.05) is 51.4 Å². The smallest absolute Gasteiger partial charge is 0.262 e. The second-order valence-electron chi connectivity index (χ2n) is 7.65. The van der Waals surface area contributed by atoms with Crippen molar-refractivity contribution in [3.63, 3.8) is 0 Å². The first-order chi connectivity index (χ1) is 16.1. The summed E-state index contributed by atoms with van der Waals surface area (Å²) in [5.41, 5.74) is 2.39. The molecular formula is C24H27ClN4O4. The minimum absolute atomic E-state index is 0.126. The average Bonchev–Trinajstić information content (AvgIpc) is 3.25. The number of hydrogen-bond acceptors (Lipinski definition) is 6. The van der Waals surface area contributed by atoms with Gasteiger partial charge in [0.2, 0.25) is 0 Å². The van der Waals surface area contributed by atoms with Crippen molar-refractivity contribution < 1.29 is 19.0 Å². The van der Waals surface area contributed by atoms with Crippen LogP contribution in [-0.2, 0) is 16.6 Å². The Morgan fingerprint density at radius 2 is 2.00 bits per heavy atom. The summed E-state index contributed by atoms with van der Waals surface area (Å²) < 4.78 is 18.8. The van der Waals surface area contributed by atoms with Crippen molar-refractivity contribution in [1.82, 2.24) is 14.7 Å². The van der Waals surface area contributed by atoms with E-state index in [9.17, 15) is 4.79 Å². The highest BCUT2D eigenvalue weighted by Gasteiger charge is 2.15. The maximum Gasteiger partial charge on any atom is 0.262 e. The second-order valence-corrected chi connectivity index (χ2v) is 8.08. The summed E-state index contributed by atoms with van der Waals surface area (Å²) >= 11 is 5.96. The average molecular weight is 471 g/mol. The normalized spacial score (nSPS) is 14.1. The van der Waals surface area contributed by atoms with Gasteiger partial charge in [-0.3, -0.25) is 14.4 Å². The number of halogens is 1. The zero-order chi connectivity index (χ0) is 23.0. The molecule has 0 saturated carbocycles. The first-order valence-corrected chi connectivity index (χ1v) is 11.2. The van der Waals surface area contributed by atoms with E-state index >= 15 is 0 Å². The highest BCUT2D eigenvalue weighted by atomic mass is 35.5. The highest BCUT2D eigenvalue weighted by Crippen LogP contribution is 2.32. The SMILES string of the molecule is Cn1nccc1-c1cc(NC(=O)COc2cccc(Cl)c2)ccc1OCCN1CCOCC1. The fourth-order valence-corrected chi connectivity index (χ4v) is 3.76. The molecule has 1 aliphatic rings. The summed E-state index contributed by atoms with van der Waals surface area (Å²) in [5, 5.41) is 7.70. The minimum atomic E-state index is -0.271. The van der Waals surface area contributed by atoms with Crippen LogP contribution in [0, 0.1) is 0 Å². The van der Waals surface area contributed by atoms with E-state index < -0.39 is 0 Å². The van der Waals surface area contributed by atoms with Crippen molar-refractivity contribution in [3.05, 3.63) is 59.8 Å². The first kappa shape index (κ1) is 23.1. The van der Waals surface area contributed by atoms with Gasteiger partial charge >= 0.3 is 0 Å². The number of aryl methyl sites for hydroxylation is 1. The third-order valence-electron chi connectivity index (χ3n) is 5.29. The van der Waals surface area contributed by atoms with Gasteiger partial charge in [0.05, 0.1) is 18.9 Å². The maximum atomic E-state index is 12.4. The van der Waals surface area contributed by atoms with Gasteiger partial charge in [0.15, 0.2) is 6.61 Å². The number of rotatable bonds is 9. The molecule has 1 aromatic heterocycles. The molecule has 1 fully saturated rings. The van der Waals surface area contributed by atoms with E-state index in [1.54, 1.807) is 35.1 Å². The summed E-state index contributed by atoms with van der Waals surface area (Å²) in [6, 6.07) is 14.4. The molecule has 0 aliphatic carbocycles. The van der Waals surface area contributed by atoms with Crippen molar-refractivity contribution in [1.29, 1.82) is 0 Å². The van der Waals surface area contributed by atoms with E-state index in [2.05, 4.69) is 15.3 Å². The van der Waals surface area contributed by atoms with E-state index in [1.807, 2.05) is 31.3 Å². The van der Waals surface area contributed by atoms with Gasteiger partial charge in [-0.2, -0.15) is 5.10 Å². The highest BCUT2D eigenvalue weighted by molar-refractivity contribution is 6.30. The fourth-order valence-electron chi connectivity index (χ4n) is 3.58. The maximum absolute atomic E-state index is 12.4. The Bertz CT molecular complexity index is 1080. The Hall–Kier alpha value is -3.07. The first-order valence-electron chi connectivity index (χ1n) is 10.8. The number of nitrogens with zero attached hydrogens (tertiary/aromatic N) is 3. The Balaban J connectivity index is 1.41. The Kier molecular flexibility index (Phi) is 7.83. The molecule has 1 N–H and O–H groups in total. The Labute approximate surface area is 198 Å². The summed E-state index contributed by atoms with van der Waals surface area (Å²) in [4.78, 5) is 14.8. The number of hydrogen-bond donors (Lipinski definition) is 1. The molecule has 2 heterocycles. The van der Waals surface area contributed by atoms with Gasteiger partial charge < -0.3 is 19.5 Å². The van der Waals surface area contributed by atoms with Gasteiger partial charge in [0.25, 0.3) is 5.91 Å². The third-order valence-corrected chi connectivity index (χ3v) is 5.53. The van der Waals surface area contributed by atoms with Crippen LogP contribution in [0.2, 0.25) is 5.02 Å². The molecule has 2 aromatic carbocycles. The van der Waals surface area contributed by atoms with Crippen LogP contribution in [0.5, 0.6) is 11.5 Å². The van der Waals surface area contributed by atoms with Gasteiger partial charge in [-0.25, -0.2) is 0 Å². The molecule has 33 heavy (non-hydrogen) atoms. The lowest BCUT2D eigenvalue weighted by atomic mass is 10.1. The minimum Gasteiger partial charge on any atom is -0.492 e. The van der Waals surface area contributed by atoms with Crippen LogP contribution in [0.4, 0.5) is 5.69 Å². The van der Waals surface area contributed by atoms with Crippen molar-refractivity contribution in [3.8, 4) is 22.8 Å². The molecule has 1 saturated heterocycles. The fraction of sp³-hybridized carbons (Fsp3) is 0.333. The Morgan fingerprint density at radius 3 is 2.76 bits per heavy atom. The molecule has 0 spiro atoms. The monoisotopic (exact) mass is 470 g/mol. The number of amides is 1. The molecule has 1 amide bonds. The number of ether oxygens (including phenoxy) is 3. The van der Waals surface area contributed by atoms with E-state index in [4.69, 9.17) is 25.8 Å². The summed E-state index contributed by atoms with van der Waals surface area (Å²) in [7, 11) is 1.87. The van der Waals surface area contributed by atoms with E-state index in [0.29, 0.717) is 23.1 Å².